The third-order valence-corrected chi connectivity index (χ3v) is 3.90. The number of nitrogen functional groups attached to an aromatic ring is 1. The molecule has 1 heterocycles. The Morgan fingerprint density at radius 3 is 2.28 bits per heavy atom. The first kappa shape index (κ1) is 17.0. The molecular weight excluding hydrogens is 335 g/mol. The number of carbonyl (C=O) groups is 1. The van der Waals surface area contributed by atoms with Crippen LogP contribution in [0.25, 0.3) is 0 Å². The molecule has 3 rings (SSSR count). The van der Waals surface area contributed by atoms with Crippen molar-refractivity contribution in [3.63, 3.8) is 0 Å². The van der Waals surface area contributed by atoms with Gasteiger partial charge in [-0.15, -0.1) is 0 Å². The molecule has 0 saturated carbocycles. The lowest BCUT2D eigenvalue weighted by molar-refractivity contribution is -0.297. The Morgan fingerprint density at radius 2 is 1.72 bits per heavy atom. The fraction of sp³-hybridized carbons (Fsp3) is 0.176. The fourth-order valence-corrected chi connectivity index (χ4v) is 2.52. The molecule has 130 valence electrons. The Bertz CT molecular complexity index is 819. The minimum absolute atomic E-state index is 0.0239. The Labute approximate surface area is 141 Å². The molecule has 0 unspecified atom stereocenters. The van der Waals surface area contributed by atoms with E-state index in [4.69, 9.17) is 5.73 Å². The lowest BCUT2D eigenvalue weighted by Gasteiger charge is -2.32. The van der Waals surface area contributed by atoms with E-state index in [0.717, 1.165) is 0 Å². The average molecular weight is 349 g/mol. The molecule has 5 nitrogen and oxygen atoms in total. The van der Waals surface area contributed by atoms with Crippen LogP contribution in [0.4, 0.5) is 18.9 Å². The van der Waals surface area contributed by atoms with Gasteiger partial charge in [0.15, 0.2) is 0 Å². The summed E-state index contributed by atoms with van der Waals surface area (Å²) in [4.78, 5) is 12.5. The quantitative estimate of drug-likeness (QED) is 0.819. The van der Waals surface area contributed by atoms with Gasteiger partial charge in [0, 0.05) is 11.3 Å². The number of halogens is 3. The number of rotatable bonds is 2. The monoisotopic (exact) mass is 349 g/mol. The van der Waals surface area contributed by atoms with Gasteiger partial charge >= 0.3 is 6.18 Å². The van der Waals surface area contributed by atoms with E-state index >= 15 is 0 Å². The van der Waals surface area contributed by atoms with E-state index in [0.29, 0.717) is 11.3 Å². The Balaban J connectivity index is 2.04. The van der Waals surface area contributed by atoms with Gasteiger partial charge in [0.2, 0.25) is 0 Å². The maximum absolute atomic E-state index is 13.5. The van der Waals surface area contributed by atoms with E-state index in [1.165, 1.54) is 24.3 Å². The van der Waals surface area contributed by atoms with E-state index in [9.17, 15) is 23.1 Å². The van der Waals surface area contributed by atoms with Crippen LogP contribution in [-0.2, 0) is 0 Å². The molecule has 25 heavy (non-hydrogen) atoms. The number of amides is 1. The summed E-state index contributed by atoms with van der Waals surface area (Å²) in [6.45, 7) is 0. The molecule has 1 aliphatic rings. The highest BCUT2D eigenvalue weighted by Crippen LogP contribution is 2.41. The van der Waals surface area contributed by atoms with Crippen LogP contribution < -0.4 is 5.73 Å². The molecule has 8 heteroatoms. The number of aliphatic hydroxyl groups is 1. The number of carbonyl (C=O) groups excluding carboxylic acids is 1. The molecule has 2 aromatic rings. The van der Waals surface area contributed by atoms with Gasteiger partial charge in [-0.25, -0.2) is 0 Å². The van der Waals surface area contributed by atoms with Crippen LogP contribution in [0.15, 0.2) is 59.7 Å². The van der Waals surface area contributed by atoms with Crippen LogP contribution in [0.2, 0.25) is 0 Å². The highest BCUT2D eigenvalue weighted by Gasteiger charge is 2.63. The normalized spacial score (nSPS) is 20.5. The summed E-state index contributed by atoms with van der Waals surface area (Å²) in [5, 5.41) is 14.1. The molecule has 3 N–H and O–H groups in total. The largest absolute Gasteiger partial charge is 0.438 e. The molecule has 0 aromatic heterocycles. The molecule has 0 aliphatic carbocycles. The van der Waals surface area contributed by atoms with Crippen molar-refractivity contribution in [3.05, 3.63) is 65.7 Å². The van der Waals surface area contributed by atoms with E-state index in [1.807, 2.05) is 0 Å². The number of benzene rings is 2. The summed E-state index contributed by atoms with van der Waals surface area (Å²) >= 11 is 0. The smallest absolute Gasteiger partial charge is 0.399 e. The van der Waals surface area contributed by atoms with E-state index < -0.39 is 24.2 Å². The van der Waals surface area contributed by atoms with Gasteiger partial charge in [0.1, 0.15) is 0 Å². The molecule has 2 aromatic carbocycles. The first-order chi connectivity index (χ1) is 11.7. The van der Waals surface area contributed by atoms with Gasteiger partial charge in [-0.05, 0) is 29.8 Å². The van der Waals surface area contributed by atoms with Crippen molar-refractivity contribution < 1.29 is 23.1 Å². The summed E-state index contributed by atoms with van der Waals surface area (Å²) in [5.41, 5.74) is 2.79. The predicted octanol–water partition coefficient (Wildman–Crippen LogP) is 2.77. The van der Waals surface area contributed by atoms with Crippen molar-refractivity contribution in [1.82, 2.24) is 5.01 Å². The number of alkyl halides is 3. The van der Waals surface area contributed by atoms with Crippen molar-refractivity contribution in [2.45, 2.75) is 18.3 Å². The van der Waals surface area contributed by atoms with Crippen LogP contribution in [0.3, 0.4) is 0 Å². The second-order valence-corrected chi connectivity index (χ2v) is 5.64. The number of anilines is 1. The molecule has 0 radical (unpaired) electrons. The molecule has 0 saturated heterocycles. The number of nitrogens with two attached hydrogens (primary N) is 1. The lowest BCUT2D eigenvalue weighted by Crippen LogP contribution is -2.56. The number of hydrazone groups is 1. The van der Waals surface area contributed by atoms with Crippen LogP contribution >= 0.6 is 0 Å². The molecule has 1 aliphatic heterocycles. The maximum atomic E-state index is 13.5. The Hall–Kier alpha value is -2.87. The van der Waals surface area contributed by atoms with Crippen LogP contribution in [-0.4, -0.2) is 33.6 Å². The summed E-state index contributed by atoms with van der Waals surface area (Å²) in [6, 6.07) is 13.4. The number of nitrogens with zero attached hydrogens (tertiary/aromatic N) is 2. The van der Waals surface area contributed by atoms with Crippen molar-refractivity contribution in [2.24, 2.45) is 5.10 Å². The zero-order valence-electron chi connectivity index (χ0n) is 12.9. The van der Waals surface area contributed by atoms with Gasteiger partial charge in [0.05, 0.1) is 12.1 Å². The zero-order valence-corrected chi connectivity index (χ0v) is 12.9. The minimum atomic E-state index is -5.07. The first-order valence-electron chi connectivity index (χ1n) is 7.34. The number of hydrogen-bond acceptors (Lipinski definition) is 4. The topological polar surface area (TPSA) is 78.9 Å². The first-order valence-corrected chi connectivity index (χ1v) is 7.34. The molecular formula is C17H14F3N3O2. The van der Waals surface area contributed by atoms with Crippen LogP contribution in [0.5, 0.6) is 0 Å². The van der Waals surface area contributed by atoms with Crippen LogP contribution in [0.1, 0.15) is 22.3 Å². The predicted molar refractivity (Wildman–Crippen MR) is 85.6 cm³/mol. The van der Waals surface area contributed by atoms with Crippen molar-refractivity contribution in [1.29, 1.82) is 0 Å². The van der Waals surface area contributed by atoms with Crippen LogP contribution in [0, 0.1) is 0 Å². The standard InChI is InChI=1S/C17H14F3N3O2/c18-17(19,20)16(25)10-14(11-4-2-1-3-5-11)22-23(16)15(24)12-6-8-13(21)9-7-12/h1-9,25H,10,21H2/t16-/m1/s1. The summed E-state index contributed by atoms with van der Waals surface area (Å²) in [7, 11) is 0. The SMILES string of the molecule is Nc1ccc(C(=O)N2N=C(c3ccccc3)C[C@@]2(O)C(F)(F)F)cc1. The summed E-state index contributed by atoms with van der Waals surface area (Å²) in [5.74, 6) is -1.06. The molecule has 0 spiro atoms. The Morgan fingerprint density at radius 1 is 1.12 bits per heavy atom. The van der Waals surface area contributed by atoms with Crippen molar-refractivity contribution >= 4 is 17.3 Å². The van der Waals surface area contributed by atoms with Crippen molar-refractivity contribution in [3.8, 4) is 0 Å². The molecule has 1 amide bonds. The van der Waals surface area contributed by atoms with Gasteiger partial charge in [-0.1, -0.05) is 30.3 Å². The molecule has 1 atom stereocenters. The second-order valence-electron chi connectivity index (χ2n) is 5.64. The minimum Gasteiger partial charge on any atom is -0.399 e. The summed E-state index contributed by atoms with van der Waals surface area (Å²) in [6.07, 6.45) is -5.92. The van der Waals surface area contributed by atoms with E-state index in [2.05, 4.69) is 5.10 Å². The zero-order chi connectivity index (χ0) is 18.2. The fourth-order valence-electron chi connectivity index (χ4n) is 2.52. The van der Waals surface area contributed by atoms with E-state index in [-0.39, 0.29) is 16.3 Å². The highest BCUT2D eigenvalue weighted by molar-refractivity contribution is 6.05. The Kier molecular flexibility index (Phi) is 4.00. The third-order valence-electron chi connectivity index (χ3n) is 3.90. The third kappa shape index (κ3) is 2.96. The lowest BCUT2D eigenvalue weighted by atomic mass is 10.0. The van der Waals surface area contributed by atoms with Gasteiger partial charge in [-0.3, -0.25) is 4.79 Å². The maximum Gasteiger partial charge on any atom is 0.438 e. The molecule has 0 bridgehead atoms. The average Bonchev–Trinajstić information content (AvgIpc) is 2.95. The van der Waals surface area contributed by atoms with Gasteiger partial charge in [-0.2, -0.15) is 23.3 Å². The molecule has 0 fully saturated rings. The van der Waals surface area contributed by atoms with Gasteiger partial charge in [0.25, 0.3) is 11.6 Å². The second kappa shape index (κ2) is 5.89. The highest BCUT2D eigenvalue weighted by atomic mass is 19.4. The van der Waals surface area contributed by atoms with Crippen molar-refractivity contribution in [2.75, 3.05) is 5.73 Å². The summed E-state index contributed by atoms with van der Waals surface area (Å²) < 4.78 is 40.5. The van der Waals surface area contributed by atoms with E-state index in [1.54, 1.807) is 30.3 Å². The van der Waals surface area contributed by atoms with Gasteiger partial charge < -0.3 is 10.8 Å². The number of hydrogen-bond donors (Lipinski definition) is 2.